The highest BCUT2D eigenvalue weighted by Crippen LogP contribution is 2.68. The molecule has 1 aromatic carbocycles. The van der Waals surface area contributed by atoms with E-state index in [2.05, 4.69) is 58.3 Å². The Kier molecular flexibility index (Phi) is 5.12. The number of quaternary nitrogens is 1. The Morgan fingerprint density at radius 3 is 2.08 bits per heavy atom. The van der Waals surface area contributed by atoms with Crippen LogP contribution in [0, 0.1) is 16.7 Å². The van der Waals surface area contributed by atoms with Crippen LogP contribution in [0.15, 0.2) is 30.3 Å². The van der Waals surface area contributed by atoms with Gasteiger partial charge in [0.2, 0.25) is 0 Å². The molecule has 2 unspecified atom stereocenters. The van der Waals surface area contributed by atoms with Gasteiger partial charge in [-0.3, -0.25) is 0 Å². The highest BCUT2D eigenvalue weighted by Gasteiger charge is 2.65. The summed E-state index contributed by atoms with van der Waals surface area (Å²) in [5.41, 5.74) is 3.31. The third-order valence-electron chi connectivity index (χ3n) is 7.91. The Morgan fingerprint density at radius 2 is 1.52 bits per heavy atom. The van der Waals surface area contributed by atoms with Crippen LogP contribution in [0.5, 0.6) is 0 Å². The topological polar surface area (TPSA) is 0 Å². The first-order chi connectivity index (χ1) is 11.2. The molecule has 140 valence electrons. The zero-order valence-electron chi connectivity index (χ0n) is 16.7. The molecule has 1 aromatic rings. The first-order valence-electron chi connectivity index (χ1n) is 10.1. The van der Waals surface area contributed by atoms with E-state index in [0.717, 1.165) is 5.92 Å². The van der Waals surface area contributed by atoms with Crippen molar-refractivity contribution in [1.82, 2.24) is 0 Å². The zero-order valence-corrected chi connectivity index (χ0v) is 18.8. The SMILES string of the molecule is CC12CC3CC(C)(C1)CC([N+](C)(C)CCCc1ccccc1)(C3)C2.[I-]. The number of hydrogen-bond acceptors (Lipinski definition) is 0. The van der Waals surface area contributed by atoms with Gasteiger partial charge in [0.25, 0.3) is 0 Å². The molecule has 0 aromatic heterocycles. The van der Waals surface area contributed by atoms with Crippen LogP contribution >= 0.6 is 0 Å². The summed E-state index contributed by atoms with van der Waals surface area (Å²) in [4.78, 5) is 0. The molecule has 4 saturated carbocycles. The molecule has 0 radical (unpaired) electrons. The van der Waals surface area contributed by atoms with Crippen LogP contribution in [0.1, 0.15) is 64.4 Å². The van der Waals surface area contributed by atoms with E-state index in [1.165, 1.54) is 68.0 Å². The molecule has 4 aliphatic carbocycles. The molecule has 0 N–H and O–H groups in total. The van der Waals surface area contributed by atoms with Gasteiger partial charge >= 0.3 is 0 Å². The average molecular weight is 453 g/mol. The molecule has 25 heavy (non-hydrogen) atoms. The second-order valence-corrected chi connectivity index (χ2v) is 10.9. The molecule has 2 heteroatoms. The van der Waals surface area contributed by atoms with Crippen molar-refractivity contribution in [1.29, 1.82) is 0 Å². The first-order valence-corrected chi connectivity index (χ1v) is 10.1. The summed E-state index contributed by atoms with van der Waals surface area (Å²) < 4.78 is 1.25. The average Bonchev–Trinajstić information content (AvgIpc) is 2.44. The minimum absolute atomic E-state index is 0. The Morgan fingerprint density at radius 1 is 0.920 bits per heavy atom. The fraction of sp³-hybridized carbons (Fsp3) is 0.739. The molecule has 0 spiro atoms. The molecule has 4 aliphatic rings. The maximum absolute atomic E-state index is 2.61. The third kappa shape index (κ3) is 3.54. The van der Waals surface area contributed by atoms with Crippen LogP contribution in [0.4, 0.5) is 0 Å². The lowest BCUT2D eigenvalue weighted by molar-refractivity contribution is -0.949. The second kappa shape index (κ2) is 6.51. The van der Waals surface area contributed by atoms with Gasteiger partial charge in [0.15, 0.2) is 0 Å². The fourth-order valence-electron chi connectivity index (χ4n) is 7.62. The van der Waals surface area contributed by atoms with Crippen molar-refractivity contribution in [3.63, 3.8) is 0 Å². The van der Waals surface area contributed by atoms with Crippen LogP contribution in [0.25, 0.3) is 0 Å². The molecule has 2 atom stereocenters. The quantitative estimate of drug-likeness (QED) is 0.475. The summed E-state index contributed by atoms with van der Waals surface area (Å²) in [6.45, 7) is 6.54. The van der Waals surface area contributed by atoms with Gasteiger partial charge in [-0.05, 0) is 48.0 Å². The maximum Gasteiger partial charge on any atom is 0.100 e. The van der Waals surface area contributed by atoms with E-state index < -0.39 is 0 Å². The van der Waals surface area contributed by atoms with Gasteiger partial charge in [0.1, 0.15) is 5.54 Å². The molecule has 0 amide bonds. The highest BCUT2D eigenvalue weighted by molar-refractivity contribution is 5.15. The monoisotopic (exact) mass is 453 g/mol. The van der Waals surface area contributed by atoms with Crippen LogP contribution in [0.2, 0.25) is 0 Å². The van der Waals surface area contributed by atoms with Gasteiger partial charge in [-0.25, -0.2) is 0 Å². The third-order valence-corrected chi connectivity index (χ3v) is 7.91. The van der Waals surface area contributed by atoms with Crippen LogP contribution < -0.4 is 24.0 Å². The standard InChI is InChI=1S/C23H36N.HI/c1-21-13-20-14-22(2,16-21)18-23(15-20,17-21)24(3,4)12-8-11-19-9-6-5-7-10-19;/h5-7,9-10,20H,8,11-18H2,1-4H3;1H/q+1;/p-1. The number of aryl methyl sites for hydroxylation is 1. The van der Waals surface area contributed by atoms with Crippen molar-refractivity contribution in [2.24, 2.45) is 16.7 Å². The molecule has 4 bridgehead atoms. The Hall–Kier alpha value is -0.0900. The molecule has 0 heterocycles. The lowest BCUT2D eigenvalue weighted by Crippen LogP contribution is -3.00. The Balaban J connectivity index is 0.00000182. The van der Waals surface area contributed by atoms with Gasteiger partial charge < -0.3 is 28.5 Å². The van der Waals surface area contributed by atoms with Gasteiger partial charge in [0, 0.05) is 25.7 Å². The van der Waals surface area contributed by atoms with E-state index in [4.69, 9.17) is 0 Å². The maximum atomic E-state index is 2.61. The summed E-state index contributed by atoms with van der Waals surface area (Å²) in [5.74, 6) is 1.00. The van der Waals surface area contributed by atoms with Crippen molar-refractivity contribution in [2.75, 3.05) is 20.6 Å². The van der Waals surface area contributed by atoms with E-state index in [9.17, 15) is 0 Å². The second-order valence-electron chi connectivity index (χ2n) is 10.9. The molecule has 0 saturated heterocycles. The largest absolute Gasteiger partial charge is 1.00 e. The van der Waals surface area contributed by atoms with E-state index in [-0.39, 0.29) is 24.0 Å². The van der Waals surface area contributed by atoms with Gasteiger partial charge in [-0.1, -0.05) is 44.2 Å². The van der Waals surface area contributed by atoms with Crippen molar-refractivity contribution >= 4 is 0 Å². The number of nitrogens with zero attached hydrogens (tertiary/aromatic N) is 1. The van der Waals surface area contributed by atoms with Crippen molar-refractivity contribution in [3.8, 4) is 0 Å². The van der Waals surface area contributed by atoms with Crippen molar-refractivity contribution in [3.05, 3.63) is 35.9 Å². The van der Waals surface area contributed by atoms with Crippen LogP contribution in [0.3, 0.4) is 0 Å². The predicted molar refractivity (Wildman–Crippen MR) is 102 cm³/mol. The lowest BCUT2D eigenvalue weighted by atomic mass is 9.42. The minimum atomic E-state index is 0. The molecule has 5 rings (SSSR count). The summed E-state index contributed by atoms with van der Waals surface area (Å²) in [6, 6.07) is 11.0. The van der Waals surface area contributed by atoms with Crippen molar-refractivity contribution < 1.29 is 28.5 Å². The predicted octanol–water partition coefficient (Wildman–Crippen LogP) is 2.45. The van der Waals surface area contributed by atoms with E-state index in [1.807, 2.05) is 0 Å². The first kappa shape index (κ1) is 19.7. The molecule has 4 fully saturated rings. The molecule has 0 aliphatic heterocycles. The van der Waals surface area contributed by atoms with E-state index in [1.54, 1.807) is 0 Å². The molecular weight excluding hydrogens is 417 g/mol. The summed E-state index contributed by atoms with van der Waals surface area (Å²) in [5, 5.41) is 0. The normalized spacial score (nSPS) is 39.3. The Labute approximate surface area is 172 Å². The Bertz CT molecular complexity index is 590. The summed E-state index contributed by atoms with van der Waals surface area (Å²) >= 11 is 0. The van der Waals surface area contributed by atoms with Crippen LogP contribution in [-0.2, 0) is 6.42 Å². The van der Waals surface area contributed by atoms with Crippen LogP contribution in [-0.4, -0.2) is 30.7 Å². The highest BCUT2D eigenvalue weighted by atomic mass is 127. The van der Waals surface area contributed by atoms with Gasteiger partial charge in [-0.15, -0.1) is 0 Å². The van der Waals surface area contributed by atoms with E-state index >= 15 is 0 Å². The van der Waals surface area contributed by atoms with Crippen molar-refractivity contribution in [2.45, 2.75) is 70.8 Å². The number of hydrogen-bond donors (Lipinski definition) is 0. The molecular formula is C23H36IN. The molecule has 1 nitrogen and oxygen atoms in total. The minimum Gasteiger partial charge on any atom is -1.00 e. The number of halogens is 1. The van der Waals surface area contributed by atoms with E-state index in [0.29, 0.717) is 16.4 Å². The zero-order chi connectivity index (χ0) is 17.1. The lowest BCUT2D eigenvalue weighted by Gasteiger charge is -2.68. The summed E-state index contributed by atoms with van der Waals surface area (Å²) in [6.07, 6.45) is 11.5. The smallest absolute Gasteiger partial charge is 0.100 e. The number of rotatable bonds is 5. The van der Waals surface area contributed by atoms with Gasteiger partial charge in [-0.2, -0.15) is 0 Å². The van der Waals surface area contributed by atoms with Gasteiger partial charge in [0.05, 0.1) is 20.6 Å². The number of benzene rings is 1. The fourth-order valence-corrected chi connectivity index (χ4v) is 7.62. The summed E-state index contributed by atoms with van der Waals surface area (Å²) in [7, 11) is 5.09.